The Hall–Kier alpha value is -1.13. The van der Waals surface area contributed by atoms with Crippen LogP contribution in [0.5, 0.6) is 0 Å². The normalized spacial score (nSPS) is 21.8. The Balaban J connectivity index is 2.91. The van der Waals surface area contributed by atoms with Gasteiger partial charge >= 0.3 is 18.5 Å². The van der Waals surface area contributed by atoms with Crippen molar-refractivity contribution in [3.8, 4) is 0 Å². The summed E-state index contributed by atoms with van der Waals surface area (Å²) in [4.78, 5) is 0. The fraction of sp³-hybridized carbons (Fsp3) is 0.750. The predicted molar refractivity (Wildman–Crippen MR) is 40.9 cm³/mol. The summed E-state index contributed by atoms with van der Waals surface area (Å²) in [6, 6.07) is 0. The van der Waals surface area contributed by atoms with Gasteiger partial charge in [0.1, 0.15) is 12.4 Å². The summed E-state index contributed by atoms with van der Waals surface area (Å²) >= 11 is 0. The first-order valence-electron chi connectivity index (χ1n) is 4.52. The Morgan fingerprint density at radius 3 is 1.68 bits per heavy atom. The minimum Gasteiger partial charge on any atom is -0.485 e. The smallest absolute Gasteiger partial charge is 0.428 e. The maximum atomic E-state index is 12.3. The number of alkyl halides is 9. The van der Waals surface area contributed by atoms with Gasteiger partial charge in [0.15, 0.2) is 5.57 Å². The highest BCUT2D eigenvalue weighted by atomic mass is 19.4. The molecule has 1 fully saturated rings. The van der Waals surface area contributed by atoms with Crippen molar-refractivity contribution in [2.24, 2.45) is 0 Å². The lowest BCUT2D eigenvalue weighted by Crippen LogP contribution is -2.36. The van der Waals surface area contributed by atoms with Crippen LogP contribution in [0.2, 0.25) is 0 Å². The third-order valence-corrected chi connectivity index (χ3v) is 1.96. The van der Waals surface area contributed by atoms with Gasteiger partial charge in [0.25, 0.3) is 0 Å². The molecule has 1 rings (SSSR count). The molecule has 0 amide bonds. The van der Waals surface area contributed by atoms with Gasteiger partial charge in [-0.3, -0.25) is 0 Å². The van der Waals surface area contributed by atoms with E-state index in [1.807, 2.05) is 0 Å². The standard InChI is InChI=1S/C8H5F9O2/c9-6(10,11)4(7(12,13)14)2-19-5(3-1-18-3)8(15,16)17/h2-3,5H,1H2. The lowest BCUT2D eigenvalue weighted by molar-refractivity contribution is -0.216. The quantitative estimate of drug-likeness (QED) is 0.453. The van der Waals surface area contributed by atoms with E-state index in [2.05, 4.69) is 9.47 Å². The second kappa shape index (κ2) is 4.76. The van der Waals surface area contributed by atoms with Crippen LogP contribution < -0.4 is 0 Å². The van der Waals surface area contributed by atoms with Crippen molar-refractivity contribution in [1.29, 1.82) is 0 Å². The molecular formula is C8H5F9O2. The molecule has 19 heavy (non-hydrogen) atoms. The van der Waals surface area contributed by atoms with Crippen LogP contribution in [-0.4, -0.2) is 37.3 Å². The average molecular weight is 304 g/mol. The number of allylic oxidation sites excluding steroid dienone is 1. The first-order chi connectivity index (χ1) is 8.33. The molecule has 0 aromatic heterocycles. The first-order valence-corrected chi connectivity index (χ1v) is 4.52. The van der Waals surface area contributed by atoms with Gasteiger partial charge in [-0.2, -0.15) is 39.5 Å². The molecule has 1 aliphatic rings. The Kier molecular flexibility index (Phi) is 3.99. The van der Waals surface area contributed by atoms with Crippen LogP contribution in [0, 0.1) is 0 Å². The van der Waals surface area contributed by atoms with E-state index in [1.165, 1.54) is 0 Å². The third kappa shape index (κ3) is 4.48. The van der Waals surface area contributed by atoms with Crippen LogP contribution in [0.15, 0.2) is 11.8 Å². The molecule has 112 valence electrons. The molecule has 0 aromatic rings. The zero-order chi connectivity index (χ0) is 15.1. The number of rotatable bonds is 3. The predicted octanol–water partition coefficient (Wildman–Crippen LogP) is 3.34. The fourth-order valence-corrected chi connectivity index (χ4v) is 1.04. The van der Waals surface area contributed by atoms with Crippen molar-refractivity contribution in [3.63, 3.8) is 0 Å². The van der Waals surface area contributed by atoms with E-state index in [0.717, 1.165) is 0 Å². The molecule has 2 nitrogen and oxygen atoms in total. The lowest BCUT2D eigenvalue weighted by Gasteiger charge is -2.20. The molecule has 0 aromatic carbocycles. The van der Waals surface area contributed by atoms with Crippen molar-refractivity contribution in [2.45, 2.75) is 30.7 Å². The average Bonchev–Trinajstić information content (AvgIpc) is 2.88. The lowest BCUT2D eigenvalue weighted by atomic mass is 10.2. The maximum absolute atomic E-state index is 12.3. The van der Waals surface area contributed by atoms with E-state index in [9.17, 15) is 39.5 Å². The number of ether oxygens (including phenoxy) is 2. The van der Waals surface area contributed by atoms with Gasteiger partial charge in [-0.15, -0.1) is 0 Å². The molecule has 0 spiro atoms. The molecule has 1 aliphatic heterocycles. The zero-order valence-electron chi connectivity index (χ0n) is 8.66. The summed E-state index contributed by atoms with van der Waals surface area (Å²) in [5.74, 6) is 0. The van der Waals surface area contributed by atoms with Gasteiger partial charge < -0.3 is 9.47 Å². The van der Waals surface area contributed by atoms with E-state index in [0.29, 0.717) is 0 Å². The summed E-state index contributed by atoms with van der Waals surface area (Å²) < 4.78 is 117. The Bertz CT molecular complexity index is 331. The van der Waals surface area contributed by atoms with Crippen LogP contribution in [0.25, 0.3) is 0 Å². The first kappa shape index (κ1) is 15.9. The van der Waals surface area contributed by atoms with Gasteiger partial charge in [-0.1, -0.05) is 0 Å². The minimum absolute atomic E-state index is 0.453. The van der Waals surface area contributed by atoms with Gasteiger partial charge in [-0.25, -0.2) is 0 Å². The Morgan fingerprint density at radius 1 is 1.00 bits per heavy atom. The summed E-state index contributed by atoms with van der Waals surface area (Å²) in [6.45, 7) is -0.453. The molecule has 1 saturated heterocycles. The highest BCUT2D eigenvalue weighted by molar-refractivity contribution is 5.13. The molecule has 0 saturated carbocycles. The highest BCUT2D eigenvalue weighted by Crippen LogP contribution is 2.40. The van der Waals surface area contributed by atoms with Gasteiger partial charge in [0.05, 0.1) is 6.61 Å². The third-order valence-electron chi connectivity index (χ3n) is 1.96. The number of hydrogen-bond donors (Lipinski definition) is 0. The largest absolute Gasteiger partial charge is 0.485 e. The molecule has 0 bridgehead atoms. The van der Waals surface area contributed by atoms with E-state index in [1.54, 1.807) is 0 Å². The van der Waals surface area contributed by atoms with Crippen LogP contribution >= 0.6 is 0 Å². The van der Waals surface area contributed by atoms with Crippen LogP contribution in [0.1, 0.15) is 0 Å². The molecule has 0 radical (unpaired) electrons. The summed E-state index contributed by atoms with van der Waals surface area (Å²) in [7, 11) is 0. The van der Waals surface area contributed by atoms with Gasteiger partial charge in [0.2, 0.25) is 6.10 Å². The van der Waals surface area contributed by atoms with E-state index in [-0.39, 0.29) is 0 Å². The molecule has 2 unspecified atom stereocenters. The molecule has 0 aliphatic carbocycles. The second-order valence-corrected chi connectivity index (χ2v) is 3.50. The van der Waals surface area contributed by atoms with Crippen molar-refractivity contribution in [1.82, 2.24) is 0 Å². The van der Waals surface area contributed by atoms with E-state index >= 15 is 0 Å². The van der Waals surface area contributed by atoms with Crippen molar-refractivity contribution >= 4 is 0 Å². The van der Waals surface area contributed by atoms with Gasteiger partial charge in [0, 0.05) is 0 Å². The van der Waals surface area contributed by atoms with Crippen molar-refractivity contribution in [2.75, 3.05) is 6.61 Å². The number of hydrogen-bond acceptors (Lipinski definition) is 2. The van der Waals surface area contributed by atoms with Crippen LogP contribution in [-0.2, 0) is 9.47 Å². The zero-order valence-corrected chi connectivity index (χ0v) is 8.66. The maximum Gasteiger partial charge on any atom is 0.428 e. The molecule has 0 N–H and O–H groups in total. The second-order valence-electron chi connectivity index (χ2n) is 3.50. The van der Waals surface area contributed by atoms with E-state index in [4.69, 9.17) is 0 Å². The SMILES string of the molecule is FC(F)(F)C(=COC(C1CO1)C(F)(F)F)C(F)(F)F. The number of halogens is 9. The van der Waals surface area contributed by atoms with Crippen LogP contribution in [0.4, 0.5) is 39.5 Å². The topological polar surface area (TPSA) is 21.8 Å². The summed E-state index contributed by atoms with van der Waals surface area (Å²) in [6.07, 6.45) is -22.3. The molecular weight excluding hydrogens is 299 g/mol. The Labute approximate surface area is 99.3 Å². The summed E-state index contributed by atoms with van der Waals surface area (Å²) in [5.41, 5.74) is -3.16. The summed E-state index contributed by atoms with van der Waals surface area (Å²) in [5, 5.41) is 0. The Morgan fingerprint density at radius 2 is 1.42 bits per heavy atom. The van der Waals surface area contributed by atoms with Crippen molar-refractivity contribution in [3.05, 3.63) is 11.8 Å². The fourth-order valence-electron chi connectivity index (χ4n) is 1.04. The highest BCUT2D eigenvalue weighted by Gasteiger charge is 2.55. The molecule has 11 heteroatoms. The van der Waals surface area contributed by atoms with Crippen LogP contribution in [0.3, 0.4) is 0 Å². The van der Waals surface area contributed by atoms with E-state index < -0.39 is 49.2 Å². The minimum atomic E-state index is -5.88. The van der Waals surface area contributed by atoms with Gasteiger partial charge in [-0.05, 0) is 0 Å². The number of epoxide rings is 1. The van der Waals surface area contributed by atoms with Crippen molar-refractivity contribution < 1.29 is 49.0 Å². The molecule has 1 heterocycles. The monoisotopic (exact) mass is 304 g/mol. The molecule has 2 atom stereocenters.